The fourth-order valence-electron chi connectivity index (χ4n) is 3.25. The highest BCUT2D eigenvalue weighted by molar-refractivity contribution is 5.91. The first-order valence-electron chi connectivity index (χ1n) is 8.72. The van der Waals surface area contributed by atoms with Gasteiger partial charge in [0.1, 0.15) is 12.4 Å². The lowest BCUT2D eigenvalue weighted by atomic mass is 9.96. The molecule has 2 amide bonds. The van der Waals surface area contributed by atoms with Gasteiger partial charge in [0.05, 0.1) is 11.8 Å². The lowest BCUT2D eigenvalue weighted by Crippen LogP contribution is -2.39. The number of para-hydroxylation sites is 2. The van der Waals surface area contributed by atoms with E-state index in [1.54, 1.807) is 0 Å². The van der Waals surface area contributed by atoms with Crippen LogP contribution in [0.25, 0.3) is 0 Å². The molecule has 2 fully saturated rings. The molecular weight excluding hydrogens is 292 g/mol. The van der Waals surface area contributed by atoms with Crippen molar-refractivity contribution in [1.82, 2.24) is 5.32 Å². The quantitative estimate of drug-likeness (QED) is 0.870. The van der Waals surface area contributed by atoms with Gasteiger partial charge in [0.15, 0.2) is 0 Å². The molecule has 1 aliphatic carbocycles. The topological polar surface area (TPSA) is 59.6 Å². The van der Waals surface area contributed by atoms with Crippen LogP contribution in [0, 0.1) is 0 Å². The van der Waals surface area contributed by atoms with Crippen LogP contribution >= 0.6 is 0 Å². The molecule has 3 rings (SSSR count). The summed E-state index contributed by atoms with van der Waals surface area (Å²) in [7, 11) is 0. The lowest BCUT2D eigenvalue weighted by molar-refractivity contribution is 0.0682. The third-order valence-electron chi connectivity index (χ3n) is 4.52. The van der Waals surface area contributed by atoms with E-state index in [4.69, 9.17) is 9.47 Å². The van der Waals surface area contributed by atoms with E-state index >= 15 is 0 Å². The van der Waals surface area contributed by atoms with E-state index in [0.29, 0.717) is 24.1 Å². The summed E-state index contributed by atoms with van der Waals surface area (Å²) in [4.78, 5) is 12.2. The van der Waals surface area contributed by atoms with Gasteiger partial charge in [-0.2, -0.15) is 0 Å². The molecule has 1 saturated heterocycles. The van der Waals surface area contributed by atoms with Gasteiger partial charge >= 0.3 is 6.03 Å². The molecule has 1 heterocycles. The average Bonchev–Trinajstić information content (AvgIpc) is 3.08. The minimum absolute atomic E-state index is 0.148. The second-order valence-electron chi connectivity index (χ2n) is 6.38. The van der Waals surface area contributed by atoms with Crippen molar-refractivity contribution in [3.8, 4) is 5.75 Å². The number of hydrogen-bond acceptors (Lipinski definition) is 3. The van der Waals surface area contributed by atoms with Gasteiger partial charge in [-0.05, 0) is 37.8 Å². The molecule has 5 heteroatoms. The van der Waals surface area contributed by atoms with Gasteiger partial charge in [0, 0.05) is 12.6 Å². The van der Waals surface area contributed by atoms with E-state index in [9.17, 15) is 4.79 Å². The molecule has 0 spiro atoms. The van der Waals surface area contributed by atoms with E-state index in [1.165, 1.54) is 19.3 Å². The molecule has 2 N–H and O–H groups in total. The second kappa shape index (κ2) is 8.20. The standard InChI is InChI=1S/C18H26N2O3/c21-18(19-14-7-2-1-3-8-14)20-16-10-4-5-11-17(16)23-13-15-9-6-12-22-15/h4-5,10-11,14-15H,1-3,6-9,12-13H2,(H2,19,20,21)/t15-/m0/s1. The average molecular weight is 318 g/mol. The first-order valence-corrected chi connectivity index (χ1v) is 8.72. The second-order valence-corrected chi connectivity index (χ2v) is 6.38. The molecule has 1 saturated carbocycles. The van der Waals surface area contributed by atoms with E-state index in [2.05, 4.69) is 10.6 Å². The van der Waals surface area contributed by atoms with Crippen LogP contribution in [0.1, 0.15) is 44.9 Å². The molecule has 1 aromatic carbocycles. The number of carbonyl (C=O) groups is 1. The predicted octanol–water partition coefficient (Wildman–Crippen LogP) is 3.70. The van der Waals surface area contributed by atoms with Crippen molar-refractivity contribution in [2.45, 2.75) is 57.1 Å². The van der Waals surface area contributed by atoms with Crippen LogP contribution in [-0.2, 0) is 4.74 Å². The van der Waals surface area contributed by atoms with E-state index in [-0.39, 0.29) is 12.1 Å². The summed E-state index contributed by atoms with van der Waals surface area (Å²) >= 11 is 0. The van der Waals surface area contributed by atoms with Gasteiger partial charge < -0.3 is 20.1 Å². The Labute approximate surface area is 137 Å². The van der Waals surface area contributed by atoms with Crippen LogP contribution in [0.5, 0.6) is 5.75 Å². The van der Waals surface area contributed by atoms with Crippen LogP contribution in [0.4, 0.5) is 10.5 Å². The third-order valence-corrected chi connectivity index (χ3v) is 4.52. The molecule has 1 aliphatic heterocycles. The Morgan fingerprint density at radius 1 is 1.13 bits per heavy atom. The van der Waals surface area contributed by atoms with Gasteiger partial charge in [-0.1, -0.05) is 31.4 Å². The Hall–Kier alpha value is -1.75. The number of benzene rings is 1. The first kappa shape index (κ1) is 16.1. The SMILES string of the molecule is O=C(Nc1ccccc1OC[C@@H]1CCCO1)NC1CCCCC1. The largest absolute Gasteiger partial charge is 0.489 e. The maximum Gasteiger partial charge on any atom is 0.319 e. The summed E-state index contributed by atoms with van der Waals surface area (Å²) in [6, 6.07) is 7.70. The third kappa shape index (κ3) is 4.86. The summed E-state index contributed by atoms with van der Waals surface area (Å²) in [6.07, 6.45) is 8.13. The van der Waals surface area contributed by atoms with E-state index < -0.39 is 0 Å². The van der Waals surface area contributed by atoms with Crippen molar-refractivity contribution in [1.29, 1.82) is 0 Å². The zero-order valence-corrected chi connectivity index (χ0v) is 13.6. The number of anilines is 1. The van der Waals surface area contributed by atoms with Gasteiger partial charge in [0.25, 0.3) is 0 Å². The molecule has 5 nitrogen and oxygen atoms in total. The van der Waals surface area contributed by atoms with Gasteiger partial charge in [-0.25, -0.2) is 4.79 Å². The van der Waals surface area contributed by atoms with Crippen LogP contribution in [0.15, 0.2) is 24.3 Å². The van der Waals surface area contributed by atoms with Crippen LogP contribution in [-0.4, -0.2) is 31.4 Å². The van der Waals surface area contributed by atoms with Gasteiger partial charge in [-0.3, -0.25) is 0 Å². The molecule has 2 aliphatic rings. The van der Waals surface area contributed by atoms with Crippen molar-refractivity contribution < 1.29 is 14.3 Å². The van der Waals surface area contributed by atoms with E-state index in [1.807, 2.05) is 24.3 Å². The zero-order valence-electron chi connectivity index (χ0n) is 13.6. The summed E-state index contributed by atoms with van der Waals surface area (Å²) in [5.41, 5.74) is 0.707. The summed E-state index contributed by atoms with van der Waals surface area (Å²) < 4.78 is 11.4. The molecule has 0 aromatic heterocycles. The minimum Gasteiger partial charge on any atom is -0.489 e. The highest BCUT2D eigenvalue weighted by Gasteiger charge is 2.18. The van der Waals surface area contributed by atoms with Crippen molar-refractivity contribution >= 4 is 11.7 Å². The number of rotatable bonds is 5. The summed E-state index contributed by atoms with van der Waals surface area (Å²) in [5.74, 6) is 0.696. The number of ether oxygens (including phenoxy) is 2. The smallest absolute Gasteiger partial charge is 0.319 e. The Morgan fingerprint density at radius 2 is 1.96 bits per heavy atom. The van der Waals surface area contributed by atoms with Crippen LogP contribution < -0.4 is 15.4 Å². The Morgan fingerprint density at radius 3 is 2.74 bits per heavy atom. The van der Waals surface area contributed by atoms with Crippen molar-refractivity contribution in [3.05, 3.63) is 24.3 Å². The summed E-state index contributed by atoms with van der Waals surface area (Å²) in [6.45, 7) is 1.35. The maximum atomic E-state index is 12.2. The van der Waals surface area contributed by atoms with Gasteiger partial charge in [0.2, 0.25) is 0 Å². The normalized spacial score (nSPS) is 21.8. The number of amides is 2. The fraction of sp³-hybridized carbons (Fsp3) is 0.611. The zero-order chi connectivity index (χ0) is 15.9. The number of urea groups is 1. The molecule has 23 heavy (non-hydrogen) atoms. The highest BCUT2D eigenvalue weighted by Crippen LogP contribution is 2.25. The van der Waals surface area contributed by atoms with Crippen molar-refractivity contribution in [2.24, 2.45) is 0 Å². The molecule has 1 atom stereocenters. The highest BCUT2D eigenvalue weighted by atomic mass is 16.5. The van der Waals surface area contributed by atoms with Gasteiger partial charge in [-0.15, -0.1) is 0 Å². The molecule has 0 radical (unpaired) electrons. The Bertz CT molecular complexity index is 509. The fourth-order valence-corrected chi connectivity index (χ4v) is 3.25. The molecule has 126 valence electrons. The van der Waals surface area contributed by atoms with E-state index in [0.717, 1.165) is 32.3 Å². The Kier molecular flexibility index (Phi) is 5.75. The van der Waals surface area contributed by atoms with Crippen LogP contribution in [0.3, 0.4) is 0 Å². The molecular formula is C18H26N2O3. The predicted molar refractivity (Wildman–Crippen MR) is 89.9 cm³/mol. The molecule has 0 bridgehead atoms. The minimum atomic E-state index is -0.148. The first-order chi connectivity index (χ1) is 11.3. The number of nitrogens with one attached hydrogen (secondary N) is 2. The summed E-state index contributed by atoms with van der Waals surface area (Å²) in [5, 5.41) is 5.98. The van der Waals surface area contributed by atoms with Crippen molar-refractivity contribution in [2.75, 3.05) is 18.5 Å². The molecule has 0 unspecified atom stereocenters. The monoisotopic (exact) mass is 318 g/mol. The maximum absolute atomic E-state index is 12.2. The lowest BCUT2D eigenvalue weighted by Gasteiger charge is -2.23. The van der Waals surface area contributed by atoms with Crippen molar-refractivity contribution in [3.63, 3.8) is 0 Å². The number of carbonyl (C=O) groups excluding carboxylic acids is 1. The molecule has 1 aromatic rings. The number of hydrogen-bond donors (Lipinski definition) is 2. The Balaban J connectivity index is 1.52. The van der Waals surface area contributed by atoms with Crippen LogP contribution in [0.2, 0.25) is 0 Å².